The monoisotopic (exact) mass is 128 g/mol. The molecule has 9 heavy (non-hydrogen) atoms. The van der Waals surface area contributed by atoms with Crippen molar-refractivity contribution in [3.63, 3.8) is 0 Å². The average molecular weight is 128 g/mol. The minimum atomic E-state index is -0.0987. The van der Waals surface area contributed by atoms with Crippen LogP contribution in [0.1, 0.15) is 19.3 Å². The van der Waals surface area contributed by atoms with Crippen molar-refractivity contribution in [1.29, 1.82) is 0 Å². The Kier molecular flexibility index (Phi) is 1.08. The summed E-state index contributed by atoms with van der Waals surface area (Å²) < 4.78 is 0. The summed E-state index contributed by atoms with van der Waals surface area (Å²) in [5.74, 6) is 0.843. The third-order valence-corrected chi connectivity index (χ3v) is 2.78. The smallest absolute Gasteiger partial charge is 0.0573 e. The summed E-state index contributed by atoms with van der Waals surface area (Å²) in [5, 5.41) is 18.5. The minimum Gasteiger partial charge on any atom is -0.393 e. The molecule has 2 N–H and O–H groups in total. The average Bonchev–Trinajstić information content (AvgIpc) is 2.24. The van der Waals surface area contributed by atoms with Crippen molar-refractivity contribution in [1.82, 2.24) is 0 Å². The van der Waals surface area contributed by atoms with Crippen LogP contribution in [0.15, 0.2) is 0 Å². The van der Waals surface area contributed by atoms with Crippen molar-refractivity contribution >= 4 is 0 Å². The maximum absolute atomic E-state index is 9.23. The predicted molar refractivity (Wildman–Crippen MR) is 32.8 cm³/mol. The van der Waals surface area contributed by atoms with Crippen LogP contribution in [-0.2, 0) is 0 Å². The lowest BCUT2D eigenvalue weighted by molar-refractivity contribution is 0.0447. The van der Waals surface area contributed by atoms with E-state index >= 15 is 0 Å². The van der Waals surface area contributed by atoms with Crippen molar-refractivity contribution in [2.45, 2.75) is 31.5 Å². The highest BCUT2D eigenvalue weighted by atomic mass is 16.3. The van der Waals surface area contributed by atoms with Gasteiger partial charge in [-0.1, -0.05) is 0 Å². The van der Waals surface area contributed by atoms with Crippen molar-refractivity contribution in [3.05, 3.63) is 0 Å². The number of rotatable bonds is 0. The lowest BCUT2D eigenvalue weighted by Crippen LogP contribution is -2.24. The van der Waals surface area contributed by atoms with E-state index < -0.39 is 0 Å². The number of aliphatic hydroxyl groups excluding tert-OH is 2. The van der Waals surface area contributed by atoms with Crippen LogP contribution < -0.4 is 0 Å². The van der Waals surface area contributed by atoms with Gasteiger partial charge in [0.05, 0.1) is 12.2 Å². The first-order valence-corrected chi connectivity index (χ1v) is 3.63. The van der Waals surface area contributed by atoms with Gasteiger partial charge in [0.25, 0.3) is 0 Å². The van der Waals surface area contributed by atoms with Gasteiger partial charge in [-0.15, -0.1) is 0 Å². The fourth-order valence-electron chi connectivity index (χ4n) is 2.21. The molecule has 0 aliphatic heterocycles. The number of hydrogen-bond acceptors (Lipinski definition) is 2. The van der Waals surface area contributed by atoms with Crippen LogP contribution in [0.5, 0.6) is 0 Å². The van der Waals surface area contributed by atoms with Gasteiger partial charge < -0.3 is 10.2 Å². The van der Waals surface area contributed by atoms with E-state index in [1.54, 1.807) is 0 Å². The highest BCUT2D eigenvalue weighted by molar-refractivity contribution is 4.95. The SMILES string of the molecule is OC1CC2CC1CC2O. The van der Waals surface area contributed by atoms with Crippen LogP contribution in [0.25, 0.3) is 0 Å². The van der Waals surface area contributed by atoms with E-state index in [1.807, 2.05) is 0 Å². The van der Waals surface area contributed by atoms with Crippen LogP contribution >= 0.6 is 0 Å². The van der Waals surface area contributed by atoms with E-state index in [1.165, 1.54) is 0 Å². The summed E-state index contributed by atoms with van der Waals surface area (Å²) >= 11 is 0. The predicted octanol–water partition coefficient (Wildman–Crippen LogP) is 0.138. The van der Waals surface area contributed by atoms with E-state index in [4.69, 9.17) is 0 Å². The molecule has 0 aromatic heterocycles. The van der Waals surface area contributed by atoms with Crippen molar-refractivity contribution in [2.75, 3.05) is 0 Å². The Morgan fingerprint density at radius 1 is 0.778 bits per heavy atom. The molecule has 2 heteroatoms. The first kappa shape index (κ1) is 5.69. The maximum Gasteiger partial charge on any atom is 0.0573 e. The first-order valence-electron chi connectivity index (χ1n) is 3.63. The molecule has 2 rings (SSSR count). The zero-order valence-electron chi connectivity index (χ0n) is 5.33. The van der Waals surface area contributed by atoms with Gasteiger partial charge in [0, 0.05) is 0 Å². The summed E-state index contributed by atoms with van der Waals surface area (Å²) in [6, 6.07) is 0. The third kappa shape index (κ3) is 0.700. The Hall–Kier alpha value is -0.0800. The van der Waals surface area contributed by atoms with Gasteiger partial charge in [0.15, 0.2) is 0 Å². The summed E-state index contributed by atoms with van der Waals surface area (Å²) in [6.07, 6.45) is 2.54. The van der Waals surface area contributed by atoms with Crippen LogP contribution in [0.2, 0.25) is 0 Å². The normalized spacial score (nSPS) is 56.7. The van der Waals surface area contributed by atoms with Gasteiger partial charge in [-0.3, -0.25) is 0 Å². The minimum absolute atomic E-state index is 0.0987. The zero-order chi connectivity index (χ0) is 6.43. The van der Waals surface area contributed by atoms with Crippen molar-refractivity contribution < 1.29 is 10.2 Å². The lowest BCUT2D eigenvalue weighted by atomic mass is 9.95. The summed E-state index contributed by atoms with van der Waals surface area (Å²) in [4.78, 5) is 0. The molecule has 2 bridgehead atoms. The molecule has 0 aromatic rings. The standard InChI is InChI=1S/C7H12O2/c8-6-2-4-1-5(6)3-7(4)9/h4-9H,1-3H2. The Morgan fingerprint density at radius 2 is 1.22 bits per heavy atom. The van der Waals surface area contributed by atoms with Crippen LogP contribution in [0, 0.1) is 11.8 Å². The maximum atomic E-state index is 9.23. The van der Waals surface area contributed by atoms with Crippen LogP contribution in [0.3, 0.4) is 0 Å². The second-order valence-electron chi connectivity index (χ2n) is 3.36. The topological polar surface area (TPSA) is 40.5 Å². The molecule has 0 spiro atoms. The molecule has 4 atom stereocenters. The molecule has 2 fully saturated rings. The highest BCUT2D eigenvalue weighted by Gasteiger charge is 2.44. The highest BCUT2D eigenvalue weighted by Crippen LogP contribution is 2.44. The Morgan fingerprint density at radius 3 is 1.44 bits per heavy atom. The Balaban J connectivity index is 2.10. The Labute approximate surface area is 54.5 Å². The quantitative estimate of drug-likeness (QED) is 0.487. The summed E-state index contributed by atoms with van der Waals surface area (Å²) in [7, 11) is 0. The first-order chi connectivity index (χ1) is 4.27. The molecule has 2 aliphatic carbocycles. The molecule has 4 unspecified atom stereocenters. The molecule has 2 aliphatic rings. The molecule has 2 saturated carbocycles. The lowest BCUT2D eigenvalue weighted by Gasteiger charge is -2.19. The molecule has 0 radical (unpaired) electrons. The van der Waals surface area contributed by atoms with E-state index in [-0.39, 0.29) is 12.2 Å². The molecule has 0 heterocycles. The molecule has 0 amide bonds. The number of hydrogen-bond donors (Lipinski definition) is 2. The van der Waals surface area contributed by atoms with Gasteiger partial charge in [0.2, 0.25) is 0 Å². The molecule has 0 saturated heterocycles. The van der Waals surface area contributed by atoms with Crippen LogP contribution in [0.4, 0.5) is 0 Å². The van der Waals surface area contributed by atoms with Gasteiger partial charge in [0.1, 0.15) is 0 Å². The molecule has 2 nitrogen and oxygen atoms in total. The second kappa shape index (κ2) is 1.70. The summed E-state index contributed by atoms with van der Waals surface area (Å²) in [6.45, 7) is 0. The molecule has 0 aromatic carbocycles. The fourth-order valence-corrected chi connectivity index (χ4v) is 2.21. The second-order valence-corrected chi connectivity index (χ2v) is 3.36. The molecular weight excluding hydrogens is 116 g/mol. The van der Waals surface area contributed by atoms with E-state index in [9.17, 15) is 10.2 Å². The third-order valence-electron chi connectivity index (χ3n) is 2.78. The molecule has 52 valence electrons. The van der Waals surface area contributed by atoms with Gasteiger partial charge in [-0.2, -0.15) is 0 Å². The van der Waals surface area contributed by atoms with Gasteiger partial charge in [-0.05, 0) is 31.1 Å². The van der Waals surface area contributed by atoms with Crippen LogP contribution in [-0.4, -0.2) is 22.4 Å². The summed E-state index contributed by atoms with van der Waals surface area (Å²) in [5.41, 5.74) is 0. The largest absolute Gasteiger partial charge is 0.393 e. The number of aliphatic hydroxyl groups is 2. The van der Waals surface area contributed by atoms with E-state index in [2.05, 4.69) is 0 Å². The van der Waals surface area contributed by atoms with Crippen molar-refractivity contribution in [3.8, 4) is 0 Å². The molecular formula is C7H12O2. The van der Waals surface area contributed by atoms with Gasteiger partial charge >= 0.3 is 0 Å². The Bertz CT molecular complexity index is 106. The fraction of sp³-hybridized carbons (Fsp3) is 1.00. The van der Waals surface area contributed by atoms with E-state index in [0.717, 1.165) is 19.3 Å². The van der Waals surface area contributed by atoms with E-state index in [0.29, 0.717) is 11.8 Å². The zero-order valence-corrected chi connectivity index (χ0v) is 5.33. The van der Waals surface area contributed by atoms with Gasteiger partial charge in [-0.25, -0.2) is 0 Å². The van der Waals surface area contributed by atoms with Crippen molar-refractivity contribution in [2.24, 2.45) is 11.8 Å². The number of fused-ring (bicyclic) bond motifs is 2.